The molecule has 2 aliphatic rings. The molecule has 1 atom stereocenters. The Morgan fingerprint density at radius 1 is 0.490 bits per heavy atom. The number of rotatable bonds is 4. The first-order valence-electron chi connectivity index (χ1n) is 16.9. The van der Waals surface area contributed by atoms with Crippen LogP contribution in [0.5, 0.6) is 0 Å². The van der Waals surface area contributed by atoms with Gasteiger partial charge in [-0.2, -0.15) is 0 Å². The van der Waals surface area contributed by atoms with Crippen LogP contribution in [0.15, 0.2) is 133 Å². The standard InChI is InChI=1S/C43H30N4O4/c1-43(2,46-39(48)29-17-11-23-35(37(29)41(46)50)44-31-19-7-3-13-25(31)26-14-4-8-20-32(26)44)47-40(49)30-18-12-24-36(38(30)42(47)51)45-33-21-9-5-15-27(33)28-16-6-10-22-34(28)45/h3-24,39,48H,1-2H3. The number of benzene rings is 6. The molecule has 8 heteroatoms. The number of hydrogen-bond donors (Lipinski definition) is 1. The number of aliphatic hydroxyl groups excluding tert-OH is 1. The number of para-hydroxylation sites is 4. The summed E-state index contributed by atoms with van der Waals surface area (Å²) in [5, 5.41) is 16.1. The zero-order valence-electron chi connectivity index (χ0n) is 27.7. The number of aromatic nitrogens is 2. The molecule has 1 unspecified atom stereocenters. The smallest absolute Gasteiger partial charge is 0.265 e. The molecule has 0 bridgehead atoms. The van der Waals surface area contributed by atoms with Crippen LogP contribution in [0, 0.1) is 0 Å². The topological polar surface area (TPSA) is 87.8 Å². The fraction of sp³-hybridized carbons (Fsp3) is 0.0930. The highest BCUT2D eigenvalue weighted by atomic mass is 16.3. The molecule has 4 heterocycles. The molecular formula is C43H30N4O4. The summed E-state index contributed by atoms with van der Waals surface area (Å²) in [6.45, 7) is 3.28. The van der Waals surface area contributed by atoms with Crippen LogP contribution in [0.3, 0.4) is 0 Å². The number of fused-ring (bicyclic) bond motifs is 8. The van der Waals surface area contributed by atoms with Gasteiger partial charge in [-0.15, -0.1) is 0 Å². The molecule has 6 aromatic carbocycles. The average Bonchev–Trinajstić information content (AvgIpc) is 3.83. The Balaban J connectivity index is 1.10. The van der Waals surface area contributed by atoms with Crippen molar-refractivity contribution in [2.24, 2.45) is 0 Å². The second-order valence-corrected chi connectivity index (χ2v) is 13.7. The zero-order chi connectivity index (χ0) is 34.8. The number of carbonyl (C=O) groups is 3. The number of nitrogens with zero attached hydrogens (tertiary/aromatic N) is 4. The van der Waals surface area contributed by atoms with Crippen molar-refractivity contribution < 1.29 is 19.5 Å². The molecule has 10 rings (SSSR count). The third-order valence-corrected chi connectivity index (χ3v) is 10.7. The Bertz CT molecular complexity index is 2740. The molecule has 0 fully saturated rings. The van der Waals surface area contributed by atoms with Crippen LogP contribution in [0.1, 0.15) is 56.7 Å². The Labute approximate surface area is 292 Å². The first kappa shape index (κ1) is 29.4. The van der Waals surface area contributed by atoms with Crippen molar-refractivity contribution in [3.63, 3.8) is 0 Å². The second kappa shape index (κ2) is 10.3. The lowest BCUT2D eigenvalue weighted by atomic mass is 10.1. The molecule has 8 nitrogen and oxygen atoms in total. The van der Waals surface area contributed by atoms with E-state index >= 15 is 0 Å². The van der Waals surface area contributed by atoms with E-state index in [2.05, 4.69) is 12.1 Å². The third kappa shape index (κ3) is 3.74. The molecule has 0 aliphatic carbocycles. The van der Waals surface area contributed by atoms with Crippen LogP contribution in [-0.2, 0) is 0 Å². The van der Waals surface area contributed by atoms with Gasteiger partial charge in [0.15, 0.2) is 6.23 Å². The Morgan fingerprint density at radius 3 is 1.41 bits per heavy atom. The molecule has 0 radical (unpaired) electrons. The van der Waals surface area contributed by atoms with Gasteiger partial charge >= 0.3 is 0 Å². The van der Waals surface area contributed by atoms with Crippen LogP contribution in [0.2, 0.25) is 0 Å². The van der Waals surface area contributed by atoms with E-state index in [-0.39, 0.29) is 11.1 Å². The predicted octanol–water partition coefficient (Wildman–Crippen LogP) is 8.36. The lowest BCUT2D eigenvalue weighted by Gasteiger charge is -2.43. The first-order valence-corrected chi connectivity index (χ1v) is 16.9. The third-order valence-electron chi connectivity index (χ3n) is 10.7. The minimum atomic E-state index is -1.56. The second-order valence-electron chi connectivity index (χ2n) is 13.7. The highest BCUT2D eigenvalue weighted by Crippen LogP contribution is 2.45. The summed E-state index contributed by atoms with van der Waals surface area (Å²) in [7, 11) is 0. The highest BCUT2D eigenvalue weighted by molar-refractivity contribution is 6.24. The molecule has 2 aromatic heterocycles. The van der Waals surface area contributed by atoms with Gasteiger partial charge in [0, 0.05) is 27.1 Å². The molecule has 3 amide bonds. The van der Waals surface area contributed by atoms with Crippen molar-refractivity contribution >= 4 is 61.3 Å². The Hall–Kier alpha value is -6.51. The summed E-state index contributed by atoms with van der Waals surface area (Å²) in [5.41, 5.74) is 4.53. The molecule has 246 valence electrons. The summed E-state index contributed by atoms with van der Waals surface area (Å²) < 4.78 is 4.07. The lowest BCUT2D eigenvalue weighted by Crippen LogP contribution is -2.60. The van der Waals surface area contributed by atoms with Gasteiger partial charge in [-0.3, -0.25) is 24.2 Å². The van der Waals surface area contributed by atoms with Crippen molar-refractivity contribution in [2.75, 3.05) is 0 Å². The highest BCUT2D eigenvalue weighted by Gasteiger charge is 2.54. The van der Waals surface area contributed by atoms with Gasteiger partial charge in [-0.05, 0) is 56.3 Å². The fourth-order valence-electron chi connectivity index (χ4n) is 8.53. The molecule has 1 N–H and O–H groups in total. The molecule has 0 saturated heterocycles. The summed E-state index contributed by atoms with van der Waals surface area (Å²) in [4.78, 5) is 46.2. The summed E-state index contributed by atoms with van der Waals surface area (Å²) in [5.74, 6) is -1.53. The maximum Gasteiger partial charge on any atom is 0.265 e. The predicted molar refractivity (Wildman–Crippen MR) is 197 cm³/mol. The van der Waals surface area contributed by atoms with Gasteiger partial charge in [-0.25, -0.2) is 0 Å². The van der Waals surface area contributed by atoms with E-state index in [0.717, 1.165) is 48.5 Å². The monoisotopic (exact) mass is 666 g/mol. The van der Waals surface area contributed by atoms with Gasteiger partial charge in [0.1, 0.15) is 5.66 Å². The average molecular weight is 667 g/mol. The largest absolute Gasteiger partial charge is 0.369 e. The summed E-state index contributed by atoms with van der Waals surface area (Å²) >= 11 is 0. The number of hydrogen-bond acceptors (Lipinski definition) is 4. The van der Waals surface area contributed by atoms with Crippen LogP contribution in [-0.4, -0.2) is 47.4 Å². The van der Waals surface area contributed by atoms with Crippen molar-refractivity contribution in [3.8, 4) is 11.4 Å². The molecule has 8 aromatic rings. The normalized spacial score (nSPS) is 16.0. The zero-order valence-corrected chi connectivity index (χ0v) is 27.7. The van der Waals surface area contributed by atoms with E-state index < -0.39 is 29.6 Å². The number of aliphatic hydroxyl groups is 1. The Morgan fingerprint density at radius 2 is 0.922 bits per heavy atom. The molecule has 0 spiro atoms. The number of carbonyl (C=O) groups excluding carboxylic acids is 3. The first-order chi connectivity index (χ1) is 24.8. The minimum absolute atomic E-state index is 0.247. The molecule has 2 aliphatic heterocycles. The van der Waals surface area contributed by atoms with Gasteiger partial charge in [0.2, 0.25) is 0 Å². The maximum absolute atomic E-state index is 14.7. The number of amides is 3. The van der Waals surface area contributed by atoms with Gasteiger partial charge in [-0.1, -0.05) is 91.0 Å². The van der Waals surface area contributed by atoms with Gasteiger partial charge in [0.25, 0.3) is 17.7 Å². The van der Waals surface area contributed by atoms with Crippen molar-refractivity contribution in [1.82, 2.24) is 18.9 Å². The molecule has 51 heavy (non-hydrogen) atoms. The SMILES string of the molecule is CC(C)(N1C(=O)c2cccc(-n3c4ccccc4c4ccccc43)c2C1=O)N1C(=O)c2c(cccc2-n2c3ccccc3c3ccccc32)C1O. The van der Waals surface area contributed by atoms with Crippen LogP contribution in [0.4, 0.5) is 0 Å². The van der Waals surface area contributed by atoms with E-state index in [9.17, 15) is 19.5 Å². The molecular weight excluding hydrogens is 636 g/mol. The Kier molecular flexibility index (Phi) is 5.92. The quantitative estimate of drug-likeness (QED) is 0.191. The van der Waals surface area contributed by atoms with Gasteiger partial charge < -0.3 is 14.2 Å². The molecule has 0 saturated carbocycles. The maximum atomic E-state index is 14.7. The van der Waals surface area contributed by atoms with E-state index in [1.165, 1.54) is 4.90 Å². The van der Waals surface area contributed by atoms with E-state index in [4.69, 9.17) is 0 Å². The van der Waals surface area contributed by atoms with E-state index in [0.29, 0.717) is 22.5 Å². The van der Waals surface area contributed by atoms with Crippen LogP contribution >= 0.6 is 0 Å². The fourth-order valence-corrected chi connectivity index (χ4v) is 8.53. The van der Waals surface area contributed by atoms with Gasteiger partial charge in [0.05, 0.1) is 50.1 Å². The van der Waals surface area contributed by atoms with Crippen LogP contribution in [0.25, 0.3) is 55.0 Å². The van der Waals surface area contributed by atoms with Crippen LogP contribution < -0.4 is 0 Å². The van der Waals surface area contributed by atoms with Crippen molar-refractivity contribution in [3.05, 3.63) is 156 Å². The van der Waals surface area contributed by atoms with Crippen molar-refractivity contribution in [1.29, 1.82) is 0 Å². The lowest BCUT2D eigenvalue weighted by molar-refractivity contribution is -0.0696. The van der Waals surface area contributed by atoms with E-state index in [1.807, 2.05) is 112 Å². The summed E-state index contributed by atoms with van der Waals surface area (Å²) in [6.07, 6.45) is -1.41. The minimum Gasteiger partial charge on any atom is -0.369 e. The van der Waals surface area contributed by atoms with Crippen molar-refractivity contribution in [2.45, 2.75) is 25.7 Å². The summed E-state index contributed by atoms with van der Waals surface area (Å²) in [6, 6.07) is 42.7. The number of imide groups is 1. The van der Waals surface area contributed by atoms with E-state index in [1.54, 1.807) is 32.0 Å².